The standard InChI is InChI=1S/C12H18N4O/c1-12(2)8(7-13)10(12)11-14-9(15-17-11)5-6-16(3)4/h8,10H,5-6H2,1-4H3. The second-order valence-electron chi connectivity index (χ2n) is 5.51. The third kappa shape index (κ3) is 2.18. The summed E-state index contributed by atoms with van der Waals surface area (Å²) < 4.78 is 5.26. The zero-order chi connectivity index (χ0) is 12.6. The van der Waals surface area contributed by atoms with Gasteiger partial charge in [-0.3, -0.25) is 0 Å². The summed E-state index contributed by atoms with van der Waals surface area (Å²) in [5, 5.41) is 13.0. The third-order valence-electron chi connectivity index (χ3n) is 3.50. The molecule has 1 fully saturated rings. The molecule has 5 nitrogen and oxygen atoms in total. The summed E-state index contributed by atoms with van der Waals surface area (Å²) in [7, 11) is 4.02. The number of likely N-dealkylation sites (N-methyl/N-ethyl adjacent to an activating group) is 1. The molecule has 17 heavy (non-hydrogen) atoms. The van der Waals surface area contributed by atoms with Gasteiger partial charge in [0.05, 0.1) is 17.9 Å². The van der Waals surface area contributed by atoms with Crippen molar-refractivity contribution in [2.24, 2.45) is 11.3 Å². The lowest BCUT2D eigenvalue weighted by Gasteiger charge is -2.05. The molecule has 1 saturated carbocycles. The van der Waals surface area contributed by atoms with Crippen molar-refractivity contribution < 1.29 is 4.52 Å². The Labute approximate surface area is 101 Å². The van der Waals surface area contributed by atoms with Crippen LogP contribution in [-0.4, -0.2) is 35.7 Å². The van der Waals surface area contributed by atoms with E-state index >= 15 is 0 Å². The number of hydrogen-bond donors (Lipinski definition) is 0. The molecule has 5 heteroatoms. The number of nitrogens with zero attached hydrogens (tertiary/aromatic N) is 4. The van der Waals surface area contributed by atoms with Crippen LogP contribution in [0.3, 0.4) is 0 Å². The lowest BCUT2D eigenvalue weighted by Crippen LogP contribution is -2.15. The molecule has 2 unspecified atom stereocenters. The van der Waals surface area contributed by atoms with Gasteiger partial charge in [0.1, 0.15) is 0 Å². The molecule has 1 heterocycles. The second kappa shape index (κ2) is 4.11. The van der Waals surface area contributed by atoms with Gasteiger partial charge in [-0.05, 0) is 19.5 Å². The van der Waals surface area contributed by atoms with Gasteiger partial charge < -0.3 is 9.42 Å². The maximum atomic E-state index is 9.01. The molecule has 1 aliphatic carbocycles. The Morgan fingerprint density at radius 2 is 2.18 bits per heavy atom. The van der Waals surface area contributed by atoms with E-state index in [2.05, 4.69) is 35.0 Å². The Hall–Kier alpha value is -1.41. The minimum atomic E-state index is -0.0277. The molecule has 2 atom stereocenters. The number of hydrogen-bond acceptors (Lipinski definition) is 5. The van der Waals surface area contributed by atoms with Crippen molar-refractivity contribution in [3.63, 3.8) is 0 Å². The lowest BCUT2D eigenvalue weighted by molar-refractivity contribution is 0.357. The van der Waals surface area contributed by atoms with Gasteiger partial charge in [0.2, 0.25) is 5.89 Å². The van der Waals surface area contributed by atoms with Crippen LogP contribution in [-0.2, 0) is 6.42 Å². The van der Waals surface area contributed by atoms with E-state index in [0.717, 1.165) is 18.8 Å². The predicted molar refractivity (Wildman–Crippen MR) is 62.2 cm³/mol. The topological polar surface area (TPSA) is 66.0 Å². The number of aromatic nitrogens is 2. The first kappa shape index (κ1) is 12.1. The van der Waals surface area contributed by atoms with Crippen molar-refractivity contribution in [2.75, 3.05) is 20.6 Å². The van der Waals surface area contributed by atoms with E-state index in [1.807, 2.05) is 14.1 Å². The van der Waals surface area contributed by atoms with Gasteiger partial charge in [0.15, 0.2) is 5.82 Å². The molecular weight excluding hydrogens is 216 g/mol. The highest BCUT2D eigenvalue weighted by atomic mass is 16.5. The molecule has 1 aromatic rings. The van der Waals surface area contributed by atoms with Crippen molar-refractivity contribution in [1.82, 2.24) is 15.0 Å². The van der Waals surface area contributed by atoms with Gasteiger partial charge in [-0.2, -0.15) is 10.2 Å². The molecule has 92 valence electrons. The molecule has 0 spiro atoms. The highest BCUT2D eigenvalue weighted by Gasteiger charge is 2.62. The van der Waals surface area contributed by atoms with Crippen molar-refractivity contribution in [3.8, 4) is 6.07 Å². The Morgan fingerprint density at radius 3 is 2.71 bits per heavy atom. The first-order valence-electron chi connectivity index (χ1n) is 5.83. The monoisotopic (exact) mass is 234 g/mol. The summed E-state index contributed by atoms with van der Waals surface area (Å²) in [6.07, 6.45) is 0.779. The number of nitriles is 1. The fraction of sp³-hybridized carbons (Fsp3) is 0.750. The lowest BCUT2D eigenvalue weighted by atomic mass is 10.1. The van der Waals surface area contributed by atoms with Crippen LogP contribution in [0.2, 0.25) is 0 Å². The smallest absolute Gasteiger partial charge is 0.231 e. The van der Waals surface area contributed by atoms with Crippen molar-refractivity contribution in [3.05, 3.63) is 11.7 Å². The molecule has 1 aromatic heterocycles. The summed E-state index contributed by atoms with van der Waals surface area (Å²) in [5.41, 5.74) is -0.0277. The Morgan fingerprint density at radius 1 is 1.47 bits per heavy atom. The summed E-state index contributed by atoms with van der Waals surface area (Å²) >= 11 is 0. The summed E-state index contributed by atoms with van der Waals surface area (Å²) in [6, 6.07) is 2.30. The van der Waals surface area contributed by atoms with Crippen LogP contribution in [0.5, 0.6) is 0 Å². The van der Waals surface area contributed by atoms with Crippen LogP contribution in [0.15, 0.2) is 4.52 Å². The molecule has 0 aliphatic heterocycles. The Bertz CT molecular complexity index is 444. The van der Waals surface area contributed by atoms with E-state index in [1.165, 1.54) is 0 Å². The van der Waals surface area contributed by atoms with Crippen LogP contribution in [0.4, 0.5) is 0 Å². The van der Waals surface area contributed by atoms with Crippen LogP contribution < -0.4 is 0 Å². The average molecular weight is 234 g/mol. The highest BCUT2D eigenvalue weighted by Crippen LogP contribution is 2.63. The SMILES string of the molecule is CN(C)CCc1noc(C2C(C#N)C2(C)C)n1. The van der Waals surface area contributed by atoms with E-state index in [-0.39, 0.29) is 17.3 Å². The average Bonchev–Trinajstić information content (AvgIpc) is 2.62. The fourth-order valence-corrected chi connectivity index (χ4v) is 2.16. The van der Waals surface area contributed by atoms with Gasteiger partial charge in [-0.25, -0.2) is 0 Å². The summed E-state index contributed by atoms with van der Waals surface area (Å²) in [6.45, 7) is 5.03. The van der Waals surface area contributed by atoms with Crippen LogP contribution >= 0.6 is 0 Å². The van der Waals surface area contributed by atoms with Gasteiger partial charge in [-0.15, -0.1) is 0 Å². The molecule has 1 aliphatic rings. The van der Waals surface area contributed by atoms with E-state index in [0.29, 0.717) is 5.89 Å². The molecule has 0 aromatic carbocycles. The van der Waals surface area contributed by atoms with E-state index in [1.54, 1.807) is 0 Å². The van der Waals surface area contributed by atoms with Gasteiger partial charge in [-0.1, -0.05) is 19.0 Å². The first-order chi connectivity index (χ1) is 7.96. The molecule has 0 saturated heterocycles. The Kier molecular flexibility index (Phi) is 2.92. The van der Waals surface area contributed by atoms with E-state index < -0.39 is 0 Å². The summed E-state index contributed by atoms with van der Waals surface area (Å²) in [4.78, 5) is 6.46. The molecule has 0 radical (unpaired) electrons. The quantitative estimate of drug-likeness (QED) is 0.788. The maximum absolute atomic E-state index is 9.01. The minimum absolute atomic E-state index is 0.00430. The van der Waals surface area contributed by atoms with Gasteiger partial charge >= 0.3 is 0 Å². The third-order valence-corrected chi connectivity index (χ3v) is 3.50. The molecule has 0 bridgehead atoms. The van der Waals surface area contributed by atoms with Crippen LogP contribution in [0.25, 0.3) is 0 Å². The van der Waals surface area contributed by atoms with E-state index in [9.17, 15) is 0 Å². The molecular formula is C12H18N4O. The number of rotatable bonds is 4. The maximum Gasteiger partial charge on any atom is 0.231 e. The molecule has 2 rings (SSSR count). The minimum Gasteiger partial charge on any atom is -0.339 e. The highest BCUT2D eigenvalue weighted by molar-refractivity contribution is 5.26. The fourth-order valence-electron chi connectivity index (χ4n) is 2.16. The largest absolute Gasteiger partial charge is 0.339 e. The van der Waals surface area contributed by atoms with E-state index in [4.69, 9.17) is 9.78 Å². The second-order valence-corrected chi connectivity index (χ2v) is 5.51. The summed E-state index contributed by atoms with van der Waals surface area (Å²) in [5.74, 6) is 1.46. The van der Waals surface area contributed by atoms with Crippen molar-refractivity contribution in [2.45, 2.75) is 26.2 Å². The zero-order valence-electron chi connectivity index (χ0n) is 10.8. The molecule has 0 N–H and O–H groups in total. The molecule has 0 amide bonds. The zero-order valence-corrected chi connectivity index (χ0v) is 10.8. The van der Waals surface area contributed by atoms with Crippen LogP contribution in [0.1, 0.15) is 31.5 Å². The van der Waals surface area contributed by atoms with Crippen molar-refractivity contribution in [1.29, 1.82) is 5.26 Å². The predicted octanol–water partition coefficient (Wildman–Crippen LogP) is 1.44. The Balaban J connectivity index is 2.03. The van der Waals surface area contributed by atoms with Crippen LogP contribution in [0, 0.1) is 22.7 Å². The van der Waals surface area contributed by atoms with Crippen molar-refractivity contribution >= 4 is 0 Å². The van der Waals surface area contributed by atoms with Gasteiger partial charge in [0.25, 0.3) is 0 Å². The normalized spacial score (nSPS) is 25.9. The van der Waals surface area contributed by atoms with Gasteiger partial charge in [0, 0.05) is 13.0 Å². The first-order valence-corrected chi connectivity index (χ1v) is 5.83.